The second-order valence-electron chi connectivity index (χ2n) is 3.23. The Bertz CT molecular complexity index is 371. The molecule has 0 aliphatic heterocycles. The molecule has 0 fully saturated rings. The lowest BCUT2D eigenvalue weighted by atomic mass is 10.2. The predicted molar refractivity (Wildman–Crippen MR) is 68.0 cm³/mol. The zero-order valence-electron chi connectivity index (χ0n) is 8.93. The molecule has 1 aromatic rings. The van der Waals surface area contributed by atoms with Crippen molar-refractivity contribution >= 4 is 33.4 Å². The maximum absolute atomic E-state index is 11.7. The van der Waals surface area contributed by atoms with Gasteiger partial charge in [0.15, 0.2) is 0 Å². The highest BCUT2D eigenvalue weighted by Gasteiger charge is 2.09. The van der Waals surface area contributed by atoms with Crippen LogP contribution in [-0.2, 0) is 4.74 Å². The molecule has 0 aromatic heterocycles. The summed E-state index contributed by atoms with van der Waals surface area (Å²) in [6.07, 6.45) is 0.792. The molecule has 88 valence electrons. The van der Waals surface area contributed by atoms with E-state index in [1.807, 2.05) is 0 Å². The maximum atomic E-state index is 11.7. The van der Waals surface area contributed by atoms with Gasteiger partial charge in [0.05, 0.1) is 5.56 Å². The number of ether oxygens (including phenoxy) is 1. The Morgan fingerprint density at radius 1 is 1.56 bits per heavy atom. The van der Waals surface area contributed by atoms with Gasteiger partial charge in [0.25, 0.3) is 5.91 Å². The van der Waals surface area contributed by atoms with Crippen molar-refractivity contribution < 1.29 is 9.53 Å². The molecular formula is C11H13BrClNO2. The number of methoxy groups -OCH3 is 1. The normalized spacial score (nSPS) is 10.2. The van der Waals surface area contributed by atoms with Crippen LogP contribution < -0.4 is 5.32 Å². The van der Waals surface area contributed by atoms with Crippen LogP contribution in [0.5, 0.6) is 0 Å². The summed E-state index contributed by atoms with van der Waals surface area (Å²) in [6.45, 7) is 1.22. The van der Waals surface area contributed by atoms with Gasteiger partial charge in [-0.25, -0.2) is 0 Å². The Morgan fingerprint density at radius 2 is 2.31 bits per heavy atom. The van der Waals surface area contributed by atoms with Gasteiger partial charge in [0.2, 0.25) is 0 Å². The first kappa shape index (κ1) is 13.5. The summed E-state index contributed by atoms with van der Waals surface area (Å²) >= 11 is 9.13. The van der Waals surface area contributed by atoms with E-state index in [0.717, 1.165) is 10.9 Å². The zero-order chi connectivity index (χ0) is 12.0. The van der Waals surface area contributed by atoms with Gasteiger partial charge >= 0.3 is 0 Å². The molecule has 0 bridgehead atoms. The summed E-state index contributed by atoms with van der Waals surface area (Å²) < 4.78 is 5.63. The Kier molecular flexibility index (Phi) is 5.80. The zero-order valence-corrected chi connectivity index (χ0v) is 11.3. The lowest BCUT2D eigenvalue weighted by Crippen LogP contribution is -2.25. The molecule has 5 heteroatoms. The van der Waals surface area contributed by atoms with Crippen LogP contribution in [0.2, 0.25) is 5.02 Å². The van der Waals surface area contributed by atoms with Gasteiger partial charge in [0.1, 0.15) is 0 Å². The van der Waals surface area contributed by atoms with Crippen molar-refractivity contribution in [2.75, 3.05) is 20.3 Å². The molecule has 0 heterocycles. The fraction of sp³-hybridized carbons (Fsp3) is 0.364. The van der Waals surface area contributed by atoms with Gasteiger partial charge in [-0.3, -0.25) is 4.79 Å². The van der Waals surface area contributed by atoms with E-state index in [0.29, 0.717) is 23.7 Å². The fourth-order valence-corrected chi connectivity index (χ4v) is 1.78. The van der Waals surface area contributed by atoms with Crippen LogP contribution in [0.4, 0.5) is 0 Å². The van der Waals surface area contributed by atoms with Crippen molar-refractivity contribution in [3.63, 3.8) is 0 Å². The van der Waals surface area contributed by atoms with Crippen LogP contribution in [0, 0.1) is 0 Å². The number of carbonyl (C=O) groups excluding carboxylic acids is 1. The summed E-state index contributed by atoms with van der Waals surface area (Å²) in [5, 5.41) is 3.34. The largest absolute Gasteiger partial charge is 0.385 e. The van der Waals surface area contributed by atoms with Crippen LogP contribution in [0.25, 0.3) is 0 Å². The maximum Gasteiger partial charge on any atom is 0.252 e. The minimum atomic E-state index is -0.134. The molecule has 0 aliphatic carbocycles. The Labute approximate surface area is 108 Å². The lowest BCUT2D eigenvalue weighted by molar-refractivity contribution is 0.0948. The highest BCUT2D eigenvalue weighted by atomic mass is 79.9. The molecular weight excluding hydrogens is 293 g/mol. The van der Waals surface area contributed by atoms with E-state index in [1.54, 1.807) is 25.3 Å². The molecule has 0 aliphatic rings. The van der Waals surface area contributed by atoms with Gasteiger partial charge < -0.3 is 10.1 Å². The van der Waals surface area contributed by atoms with E-state index >= 15 is 0 Å². The molecule has 1 rings (SSSR count). The van der Waals surface area contributed by atoms with E-state index < -0.39 is 0 Å². The summed E-state index contributed by atoms with van der Waals surface area (Å²) in [4.78, 5) is 11.7. The SMILES string of the molecule is COCCCNC(=O)c1cc(Cl)ccc1Br. The standard InChI is InChI=1S/C11H13BrClNO2/c1-16-6-2-5-14-11(15)9-7-8(13)3-4-10(9)12/h3-4,7H,2,5-6H2,1H3,(H,14,15). The van der Waals surface area contributed by atoms with Crippen LogP contribution in [0.3, 0.4) is 0 Å². The molecule has 3 nitrogen and oxygen atoms in total. The predicted octanol–water partition coefficient (Wildman–Crippen LogP) is 2.87. The van der Waals surface area contributed by atoms with Crippen LogP contribution in [-0.4, -0.2) is 26.2 Å². The van der Waals surface area contributed by atoms with E-state index in [1.165, 1.54) is 0 Å². The molecule has 0 unspecified atom stereocenters. The van der Waals surface area contributed by atoms with Crippen molar-refractivity contribution in [1.82, 2.24) is 5.32 Å². The minimum Gasteiger partial charge on any atom is -0.385 e. The van der Waals surface area contributed by atoms with Gasteiger partial charge in [0, 0.05) is 29.8 Å². The topological polar surface area (TPSA) is 38.3 Å². The minimum absolute atomic E-state index is 0.134. The fourth-order valence-electron chi connectivity index (χ4n) is 1.19. The molecule has 0 atom stereocenters. The third-order valence-corrected chi connectivity index (χ3v) is 2.91. The Hall–Kier alpha value is -0.580. The number of halogens is 2. The first-order valence-corrected chi connectivity index (χ1v) is 6.04. The second-order valence-corrected chi connectivity index (χ2v) is 4.52. The van der Waals surface area contributed by atoms with Crippen molar-refractivity contribution in [2.45, 2.75) is 6.42 Å². The Balaban J connectivity index is 2.55. The summed E-state index contributed by atoms with van der Waals surface area (Å²) in [5.74, 6) is -0.134. The van der Waals surface area contributed by atoms with Crippen LogP contribution in [0.15, 0.2) is 22.7 Å². The number of nitrogens with one attached hydrogen (secondary N) is 1. The van der Waals surface area contributed by atoms with E-state index in [-0.39, 0.29) is 5.91 Å². The number of amides is 1. The summed E-state index contributed by atoms with van der Waals surface area (Å²) in [5.41, 5.74) is 0.546. The van der Waals surface area contributed by atoms with Crippen LogP contribution >= 0.6 is 27.5 Å². The monoisotopic (exact) mass is 305 g/mol. The third kappa shape index (κ3) is 4.12. The molecule has 1 N–H and O–H groups in total. The number of hydrogen-bond acceptors (Lipinski definition) is 2. The highest BCUT2D eigenvalue weighted by Crippen LogP contribution is 2.20. The number of benzene rings is 1. The van der Waals surface area contributed by atoms with Gasteiger partial charge in [-0.2, -0.15) is 0 Å². The average molecular weight is 307 g/mol. The smallest absolute Gasteiger partial charge is 0.252 e. The van der Waals surface area contributed by atoms with Gasteiger partial charge in [-0.05, 0) is 40.5 Å². The molecule has 1 amide bonds. The lowest BCUT2D eigenvalue weighted by Gasteiger charge is -2.06. The first-order chi connectivity index (χ1) is 7.65. The summed E-state index contributed by atoms with van der Waals surface area (Å²) in [7, 11) is 1.63. The van der Waals surface area contributed by atoms with Crippen molar-refractivity contribution in [3.8, 4) is 0 Å². The molecule has 16 heavy (non-hydrogen) atoms. The molecule has 0 saturated heterocycles. The average Bonchev–Trinajstić information content (AvgIpc) is 2.27. The van der Waals surface area contributed by atoms with E-state index in [9.17, 15) is 4.79 Å². The van der Waals surface area contributed by atoms with Crippen molar-refractivity contribution in [2.24, 2.45) is 0 Å². The molecule has 1 aromatic carbocycles. The third-order valence-electron chi connectivity index (χ3n) is 1.98. The molecule has 0 radical (unpaired) electrons. The van der Waals surface area contributed by atoms with Gasteiger partial charge in [-0.15, -0.1) is 0 Å². The second kappa shape index (κ2) is 6.89. The van der Waals surface area contributed by atoms with E-state index in [4.69, 9.17) is 16.3 Å². The number of rotatable bonds is 5. The van der Waals surface area contributed by atoms with Gasteiger partial charge in [-0.1, -0.05) is 11.6 Å². The molecule has 0 saturated carbocycles. The Morgan fingerprint density at radius 3 is 3.00 bits per heavy atom. The molecule has 0 spiro atoms. The summed E-state index contributed by atoms with van der Waals surface area (Å²) in [6, 6.07) is 5.12. The quantitative estimate of drug-likeness (QED) is 0.850. The van der Waals surface area contributed by atoms with E-state index in [2.05, 4.69) is 21.2 Å². The number of hydrogen-bond donors (Lipinski definition) is 1. The number of carbonyl (C=O) groups is 1. The van der Waals surface area contributed by atoms with Crippen LogP contribution in [0.1, 0.15) is 16.8 Å². The van der Waals surface area contributed by atoms with Crippen molar-refractivity contribution in [3.05, 3.63) is 33.3 Å². The first-order valence-electron chi connectivity index (χ1n) is 4.87. The van der Waals surface area contributed by atoms with Crippen molar-refractivity contribution in [1.29, 1.82) is 0 Å². The highest BCUT2D eigenvalue weighted by molar-refractivity contribution is 9.10.